The van der Waals surface area contributed by atoms with Gasteiger partial charge in [0.05, 0.1) is 10.2 Å². The summed E-state index contributed by atoms with van der Waals surface area (Å²) in [6, 6.07) is 2.19. The van der Waals surface area contributed by atoms with Gasteiger partial charge in [0.25, 0.3) is 0 Å². The van der Waals surface area contributed by atoms with Gasteiger partial charge < -0.3 is 11.1 Å². The molecule has 0 amide bonds. The highest BCUT2D eigenvalue weighted by atomic mass is 79.9. The molecule has 0 bridgehead atoms. The highest BCUT2D eigenvalue weighted by molar-refractivity contribution is 9.10. The van der Waals surface area contributed by atoms with E-state index in [2.05, 4.69) is 26.2 Å². The lowest BCUT2D eigenvalue weighted by molar-refractivity contribution is 0.803. The molecule has 0 spiro atoms. The molecular formula is C8H12BrN3. The molecule has 0 aliphatic heterocycles. The summed E-state index contributed by atoms with van der Waals surface area (Å²) in [5.41, 5.74) is 6.51. The second-order valence-electron chi connectivity index (χ2n) is 2.64. The van der Waals surface area contributed by atoms with Crippen molar-refractivity contribution in [3.63, 3.8) is 0 Å². The van der Waals surface area contributed by atoms with Crippen LogP contribution in [-0.2, 0) is 0 Å². The molecule has 0 aliphatic rings. The first-order chi connectivity index (χ1) is 5.74. The molecule has 1 unspecified atom stereocenters. The van der Waals surface area contributed by atoms with E-state index in [4.69, 9.17) is 5.73 Å². The molecule has 0 fully saturated rings. The predicted molar refractivity (Wildman–Crippen MR) is 54.1 cm³/mol. The van der Waals surface area contributed by atoms with E-state index in [1.807, 2.05) is 13.0 Å². The standard InChI is InChI=1S/C8H12BrN3/c1-6(4-10)12-8-2-3-11-5-7(8)9/h2-3,5-6H,4,10H2,1H3,(H,11,12). The molecule has 0 aliphatic carbocycles. The van der Waals surface area contributed by atoms with Gasteiger partial charge in [-0.3, -0.25) is 4.98 Å². The van der Waals surface area contributed by atoms with Crippen molar-refractivity contribution in [3.05, 3.63) is 22.9 Å². The summed E-state index contributed by atoms with van der Waals surface area (Å²) in [6.45, 7) is 2.65. The molecule has 0 saturated heterocycles. The van der Waals surface area contributed by atoms with E-state index in [-0.39, 0.29) is 6.04 Å². The molecule has 12 heavy (non-hydrogen) atoms. The Balaban J connectivity index is 2.69. The quantitative estimate of drug-likeness (QED) is 0.829. The fraction of sp³-hybridized carbons (Fsp3) is 0.375. The van der Waals surface area contributed by atoms with Crippen molar-refractivity contribution in [2.24, 2.45) is 5.73 Å². The van der Waals surface area contributed by atoms with Crippen LogP contribution in [0.25, 0.3) is 0 Å². The molecule has 1 atom stereocenters. The SMILES string of the molecule is CC(CN)Nc1ccncc1Br. The van der Waals surface area contributed by atoms with Gasteiger partial charge in [-0.05, 0) is 28.9 Å². The fourth-order valence-electron chi connectivity index (χ4n) is 0.817. The van der Waals surface area contributed by atoms with E-state index in [9.17, 15) is 0 Å². The summed E-state index contributed by atoms with van der Waals surface area (Å²) in [4.78, 5) is 3.96. The van der Waals surface area contributed by atoms with Crippen LogP contribution in [0, 0.1) is 0 Å². The summed E-state index contributed by atoms with van der Waals surface area (Å²) in [5, 5.41) is 3.25. The number of anilines is 1. The summed E-state index contributed by atoms with van der Waals surface area (Å²) in [6.07, 6.45) is 3.50. The van der Waals surface area contributed by atoms with Crippen molar-refractivity contribution in [3.8, 4) is 0 Å². The number of nitrogens with zero attached hydrogens (tertiary/aromatic N) is 1. The van der Waals surface area contributed by atoms with Crippen molar-refractivity contribution in [1.29, 1.82) is 0 Å². The molecular weight excluding hydrogens is 218 g/mol. The highest BCUT2D eigenvalue weighted by Crippen LogP contribution is 2.20. The van der Waals surface area contributed by atoms with Gasteiger partial charge in [0.2, 0.25) is 0 Å². The summed E-state index contributed by atoms with van der Waals surface area (Å²) >= 11 is 3.39. The molecule has 0 radical (unpaired) electrons. The number of pyridine rings is 1. The first-order valence-corrected chi connectivity index (χ1v) is 4.59. The zero-order chi connectivity index (χ0) is 8.97. The lowest BCUT2D eigenvalue weighted by atomic mass is 10.3. The van der Waals surface area contributed by atoms with Gasteiger partial charge in [-0.15, -0.1) is 0 Å². The van der Waals surface area contributed by atoms with Gasteiger partial charge in [0.1, 0.15) is 0 Å². The highest BCUT2D eigenvalue weighted by Gasteiger charge is 2.01. The van der Waals surface area contributed by atoms with Crippen LogP contribution in [0.5, 0.6) is 0 Å². The van der Waals surface area contributed by atoms with Gasteiger partial charge in [-0.1, -0.05) is 0 Å². The lowest BCUT2D eigenvalue weighted by Gasteiger charge is -2.13. The third-order valence-corrected chi connectivity index (χ3v) is 2.16. The number of nitrogens with two attached hydrogens (primary N) is 1. The fourth-order valence-corrected chi connectivity index (χ4v) is 1.18. The maximum Gasteiger partial charge on any atom is 0.0590 e. The van der Waals surface area contributed by atoms with Crippen LogP contribution in [0.4, 0.5) is 5.69 Å². The number of rotatable bonds is 3. The van der Waals surface area contributed by atoms with Crippen molar-refractivity contribution < 1.29 is 0 Å². The third kappa shape index (κ3) is 2.46. The number of aromatic nitrogens is 1. The second-order valence-corrected chi connectivity index (χ2v) is 3.49. The van der Waals surface area contributed by atoms with E-state index < -0.39 is 0 Å². The minimum Gasteiger partial charge on any atom is -0.380 e. The molecule has 0 saturated carbocycles. The van der Waals surface area contributed by atoms with Crippen LogP contribution in [-0.4, -0.2) is 17.6 Å². The molecule has 1 aromatic rings. The number of halogens is 1. The van der Waals surface area contributed by atoms with Crippen molar-refractivity contribution in [2.75, 3.05) is 11.9 Å². The van der Waals surface area contributed by atoms with Crippen molar-refractivity contribution in [2.45, 2.75) is 13.0 Å². The van der Waals surface area contributed by atoms with E-state index in [1.54, 1.807) is 12.4 Å². The summed E-state index contributed by atoms with van der Waals surface area (Å²) in [5.74, 6) is 0. The van der Waals surface area contributed by atoms with E-state index >= 15 is 0 Å². The smallest absolute Gasteiger partial charge is 0.0590 e. The monoisotopic (exact) mass is 229 g/mol. The van der Waals surface area contributed by atoms with Crippen LogP contribution in [0.1, 0.15) is 6.92 Å². The maximum absolute atomic E-state index is 5.48. The Hall–Kier alpha value is -0.610. The topological polar surface area (TPSA) is 50.9 Å². The molecule has 1 rings (SSSR count). The van der Waals surface area contributed by atoms with Gasteiger partial charge in [-0.25, -0.2) is 0 Å². The zero-order valence-electron chi connectivity index (χ0n) is 6.92. The van der Waals surface area contributed by atoms with Gasteiger partial charge >= 0.3 is 0 Å². The predicted octanol–water partition coefficient (Wildman–Crippen LogP) is 1.60. The Bertz CT molecular complexity index is 252. The minimum absolute atomic E-state index is 0.281. The Morgan fingerprint density at radius 3 is 3.08 bits per heavy atom. The molecule has 3 nitrogen and oxygen atoms in total. The van der Waals surface area contributed by atoms with Gasteiger partial charge in [0.15, 0.2) is 0 Å². The number of nitrogens with one attached hydrogen (secondary N) is 1. The Morgan fingerprint density at radius 2 is 2.50 bits per heavy atom. The van der Waals surface area contributed by atoms with Crippen molar-refractivity contribution >= 4 is 21.6 Å². The molecule has 1 aromatic heterocycles. The number of hydrogen-bond acceptors (Lipinski definition) is 3. The third-order valence-electron chi connectivity index (χ3n) is 1.53. The Kier molecular flexibility index (Phi) is 3.49. The van der Waals surface area contributed by atoms with Gasteiger partial charge in [0, 0.05) is 25.0 Å². The van der Waals surface area contributed by atoms with Gasteiger partial charge in [-0.2, -0.15) is 0 Å². The first kappa shape index (κ1) is 9.48. The second kappa shape index (κ2) is 4.42. The summed E-state index contributed by atoms with van der Waals surface area (Å²) in [7, 11) is 0. The Morgan fingerprint density at radius 1 is 1.75 bits per heavy atom. The largest absolute Gasteiger partial charge is 0.380 e. The van der Waals surface area contributed by atoms with Crippen molar-refractivity contribution in [1.82, 2.24) is 4.98 Å². The molecule has 4 heteroatoms. The molecule has 1 heterocycles. The minimum atomic E-state index is 0.281. The average molecular weight is 230 g/mol. The van der Waals surface area contributed by atoms with Crippen LogP contribution in [0.2, 0.25) is 0 Å². The van der Waals surface area contributed by atoms with Crippen LogP contribution >= 0.6 is 15.9 Å². The lowest BCUT2D eigenvalue weighted by Crippen LogP contribution is -2.25. The average Bonchev–Trinajstić information content (AvgIpc) is 2.09. The van der Waals surface area contributed by atoms with Crippen LogP contribution in [0.3, 0.4) is 0 Å². The summed E-state index contributed by atoms with van der Waals surface area (Å²) < 4.78 is 0.963. The molecule has 0 aromatic carbocycles. The maximum atomic E-state index is 5.48. The van der Waals surface area contributed by atoms with E-state index in [1.165, 1.54) is 0 Å². The van der Waals surface area contributed by atoms with Crippen LogP contribution in [0.15, 0.2) is 22.9 Å². The van der Waals surface area contributed by atoms with E-state index in [0.29, 0.717) is 6.54 Å². The molecule has 66 valence electrons. The first-order valence-electron chi connectivity index (χ1n) is 3.80. The Labute approximate surface area is 80.5 Å². The zero-order valence-corrected chi connectivity index (χ0v) is 8.51. The van der Waals surface area contributed by atoms with Crippen LogP contribution < -0.4 is 11.1 Å². The number of hydrogen-bond donors (Lipinski definition) is 2. The molecule has 3 N–H and O–H groups in total. The van der Waals surface area contributed by atoms with E-state index in [0.717, 1.165) is 10.2 Å². The normalized spacial score (nSPS) is 12.6.